The van der Waals surface area contributed by atoms with Crippen LogP contribution in [0.25, 0.3) is 0 Å². The van der Waals surface area contributed by atoms with Crippen molar-refractivity contribution >= 4 is 17.3 Å². The number of nitriles is 1. The van der Waals surface area contributed by atoms with Gasteiger partial charge in [0.2, 0.25) is 0 Å². The van der Waals surface area contributed by atoms with Gasteiger partial charge in [0.25, 0.3) is 0 Å². The first-order valence-electron chi connectivity index (χ1n) is 6.80. The van der Waals surface area contributed by atoms with Gasteiger partial charge in [-0.3, -0.25) is 0 Å². The molecule has 0 spiro atoms. The summed E-state index contributed by atoms with van der Waals surface area (Å²) >= 11 is 6.28. The minimum Gasteiger partial charge on any atom is -0.370 e. The van der Waals surface area contributed by atoms with Gasteiger partial charge >= 0.3 is 0 Å². The number of hydrogen-bond donors (Lipinski definition) is 0. The standard InChI is InChI=1S/C15H20ClN3/c1-3-19-8-6-13(7-9-19)18(2)15-5-4-12(11-17)10-14(15)16/h4-5,10,13H,3,6-9H2,1-2H3. The number of nitrogens with zero attached hydrogens (tertiary/aromatic N) is 3. The van der Waals surface area contributed by atoms with Gasteiger partial charge in [-0.15, -0.1) is 0 Å². The minimum absolute atomic E-state index is 0.535. The highest BCUT2D eigenvalue weighted by Crippen LogP contribution is 2.29. The van der Waals surface area contributed by atoms with Crippen LogP contribution in [-0.4, -0.2) is 37.6 Å². The van der Waals surface area contributed by atoms with Gasteiger partial charge in [0.1, 0.15) is 0 Å². The Labute approximate surface area is 120 Å². The van der Waals surface area contributed by atoms with Crippen LogP contribution in [0.2, 0.25) is 5.02 Å². The van der Waals surface area contributed by atoms with E-state index in [-0.39, 0.29) is 0 Å². The van der Waals surface area contributed by atoms with Crippen LogP contribution in [0.1, 0.15) is 25.3 Å². The normalized spacial score (nSPS) is 17.2. The van der Waals surface area contributed by atoms with Crippen LogP contribution < -0.4 is 4.90 Å². The fourth-order valence-corrected chi connectivity index (χ4v) is 3.00. The number of hydrogen-bond acceptors (Lipinski definition) is 3. The monoisotopic (exact) mass is 277 g/mol. The number of rotatable bonds is 3. The number of piperidine rings is 1. The molecular weight excluding hydrogens is 258 g/mol. The van der Waals surface area contributed by atoms with E-state index >= 15 is 0 Å². The van der Waals surface area contributed by atoms with E-state index in [2.05, 4.69) is 29.8 Å². The molecule has 1 aliphatic rings. The second-order valence-electron chi connectivity index (χ2n) is 5.05. The van der Waals surface area contributed by atoms with Gasteiger partial charge in [-0.2, -0.15) is 5.26 Å². The predicted molar refractivity (Wildman–Crippen MR) is 79.7 cm³/mol. The summed E-state index contributed by atoms with van der Waals surface area (Å²) in [6.07, 6.45) is 2.33. The van der Waals surface area contributed by atoms with Gasteiger partial charge < -0.3 is 9.80 Å². The van der Waals surface area contributed by atoms with E-state index in [9.17, 15) is 0 Å². The molecule has 4 heteroatoms. The van der Waals surface area contributed by atoms with E-state index in [1.165, 1.54) is 12.8 Å². The average Bonchev–Trinajstić information content (AvgIpc) is 2.46. The SMILES string of the molecule is CCN1CCC(N(C)c2ccc(C#N)cc2Cl)CC1. The highest BCUT2D eigenvalue weighted by Gasteiger charge is 2.22. The smallest absolute Gasteiger partial charge is 0.0992 e. The molecule has 0 saturated carbocycles. The number of anilines is 1. The first kappa shape index (κ1) is 14.2. The van der Waals surface area contributed by atoms with Gasteiger partial charge in [-0.05, 0) is 37.6 Å². The Morgan fingerprint density at radius 2 is 2.11 bits per heavy atom. The molecule has 1 fully saturated rings. The van der Waals surface area contributed by atoms with Gasteiger partial charge in [-0.25, -0.2) is 0 Å². The molecule has 1 aliphatic heterocycles. The highest BCUT2D eigenvalue weighted by molar-refractivity contribution is 6.33. The van der Waals surface area contributed by atoms with Crippen molar-refractivity contribution in [2.45, 2.75) is 25.8 Å². The summed E-state index contributed by atoms with van der Waals surface area (Å²) in [4.78, 5) is 4.74. The zero-order chi connectivity index (χ0) is 13.8. The molecule has 0 radical (unpaired) electrons. The van der Waals surface area contributed by atoms with Crippen molar-refractivity contribution in [3.8, 4) is 6.07 Å². The second kappa shape index (κ2) is 6.27. The van der Waals surface area contributed by atoms with Gasteiger partial charge in [0, 0.05) is 26.2 Å². The van der Waals surface area contributed by atoms with Crippen molar-refractivity contribution in [3.05, 3.63) is 28.8 Å². The van der Waals surface area contributed by atoms with E-state index in [0.29, 0.717) is 16.6 Å². The van der Waals surface area contributed by atoms with Crippen LogP contribution in [0, 0.1) is 11.3 Å². The Bertz CT molecular complexity index is 473. The van der Waals surface area contributed by atoms with Gasteiger partial charge in [0.15, 0.2) is 0 Å². The lowest BCUT2D eigenvalue weighted by Gasteiger charge is -2.37. The summed E-state index contributed by atoms with van der Waals surface area (Å²) in [7, 11) is 2.10. The van der Waals surface area contributed by atoms with E-state index in [1.54, 1.807) is 6.07 Å². The van der Waals surface area contributed by atoms with Crippen LogP contribution in [0.15, 0.2) is 18.2 Å². The van der Waals surface area contributed by atoms with Crippen molar-refractivity contribution in [2.24, 2.45) is 0 Å². The summed E-state index contributed by atoms with van der Waals surface area (Å²) in [6.45, 7) is 5.65. The zero-order valence-corrected chi connectivity index (χ0v) is 12.3. The van der Waals surface area contributed by atoms with Crippen molar-refractivity contribution < 1.29 is 0 Å². The maximum atomic E-state index is 8.87. The van der Waals surface area contributed by atoms with Crippen molar-refractivity contribution in [1.29, 1.82) is 5.26 Å². The molecule has 0 N–H and O–H groups in total. The maximum Gasteiger partial charge on any atom is 0.0992 e. The van der Waals surface area contributed by atoms with E-state index in [4.69, 9.17) is 16.9 Å². The van der Waals surface area contributed by atoms with Crippen molar-refractivity contribution in [2.75, 3.05) is 31.6 Å². The van der Waals surface area contributed by atoms with E-state index in [0.717, 1.165) is 25.3 Å². The molecule has 102 valence electrons. The van der Waals surface area contributed by atoms with Crippen LogP contribution in [0.4, 0.5) is 5.69 Å². The van der Waals surface area contributed by atoms with Crippen LogP contribution >= 0.6 is 11.6 Å². The Morgan fingerprint density at radius 1 is 1.42 bits per heavy atom. The van der Waals surface area contributed by atoms with Gasteiger partial charge in [0.05, 0.1) is 22.3 Å². The van der Waals surface area contributed by atoms with Crippen LogP contribution in [0.5, 0.6) is 0 Å². The lowest BCUT2D eigenvalue weighted by atomic mass is 10.0. The first-order valence-corrected chi connectivity index (χ1v) is 7.18. The lowest BCUT2D eigenvalue weighted by molar-refractivity contribution is 0.221. The third-order valence-electron chi connectivity index (χ3n) is 4.01. The fraction of sp³-hybridized carbons (Fsp3) is 0.533. The van der Waals surface area contributed by atoms with Crippen LogP contribution in [0.3, 0.4) is 0 Å². The molecule has 0 unspecified atom stereocenters. The summed E-state index contributed by atoms with van der Waals surface area (Å²) in [5.41, 5.74) is 1.64. The predicted octanol–water partition coefficient (Wildman–Crippen LogP) is 3.13. The molecule has 0 bridgehead atoms. The Morgan fingerprint density at radius 3 is 2.63 bits per heavy atom. The average molecular weight is 278 g/mol. The first-order chi connectivity index (χ1) is 9.15. The molecule has 1 saturated heterocycles. The Balaban J connectivity index is 2.08. The van der Waals surface area contributed by atoms with Crippen LogP contribution in [-0.2, 0) is 0 Å². The van der Waals surface area contributed by atoms with Gasteiger partial charge in [-0.1, -0.05) is 18.5 Å². The molecule has 1 aromatic carbocycles. The molecule has 1 aromatic rings. The lowest BCUT2D eigenvalue weighted by Crippen LogP contribution is -2.43. The maximum absolute atomic E-state index is 8.87. The molecule has 0 aliphatic carbocycles. The van der Waals surface area contributed by atoms with Crippen molar-refractivity contribution in [3.63, 3.8) is 0 Å². The Kier molecular flexibility index (Phi) is 4.68. The third-order valence-corrected chi connectivity index (χ3v) is 4.31. The number of benzene rings is 1. The molecule has 0 aromatic heterocycles. The third kappa shape index (κ3) is 3.20. The largest absolute Gasteiger partial charge is 0.370 e. The summed E-state index contributed by atoms with van der Waals surface area (Å²) in [5.74, 6) is 0. The molecule has 2 rings (SSSR count). The molecule has 0 amide bonds. The topological polar surface area (TPSA) is 30.3 Å². The highest BCUT2D eigenvalue weighted by atomic mass is 35.5. The number of halogens is 1. The second-order valence-corrected chi connectivity index (χ2v) is 5.46. The molecule has 19 heavy (non-hydrogen) atoms. The minimum atomic E-state index is 0.535. The molecular formula is C15H20ClN3. The van der Waals surface area contributed by atoms with E-state index < -0.39 is 0 Å². The fourth-order valence-electron chi connectivity index (χ4n) is 2.68. The summed E-state index contributed by atoms with van der Waals surface area (Å²) in [5, 5.41) is 9.53. The van der Waals surface area contributed by atoms with Crippen molar-refractivity contribution in [1.82, 2.24) is 4.90 Å². The molecule has 0 atom stereocenters. The summed E-state index contributed by atoms with van der Waals surface area (Å²) in [6, 6.07) is 8.18. The summed E-state index contributed by atoms with van der Waals surface area (Å²) < 4.78 is 0. The Hall–Kier alpha value is -1.24. The zero-order valence-electron chi connectivity index (χ0n) is 11.6. The quantitative estimate of drug-likeness (QED) is 0.850. The molecule has 1 heterocycles. The molecule has 3 nitrogen and oxygen atoms in total. The number of likely N-dealkylation sites (tertiary alicyclic amines) is 1. The van der Waals surface area contributed by atoms with E-state index in [1.807, 2.05) is 12.1 Å².